The van der Waals surface area contributed by atoms with Crippen molar-refractivity contribution in [3.05, 3.63) is 35.9 Å². The standard InChI is InChI=1S/C41H66O9/c1-8-43-25-46-35-28(4)49-38(37(36(35)42-7)47-26-44-9-2)50-31-18-21-39(5)30(24-31)16-17-34-33(39)19-22-40(6)32(29-14-12-11-13-15-29)20-23-41(34,40)48-27-45-10-3/h11-15,28,30-38H,8-10,16-27H2,1-7H3/t28-,30+,31-,32+,33-,34+,35-,36+,37-,38-,39-,40+,41-/m0/s1. The Morgan fingerprint density at radius 3 is 2.14 bits per heavy atom. The molecule has 1 aromatic carbocycles. The number of benzene rings is 1. The normalized spacial score (nSPS) is 42.9. The molecule has 5 fully saturated rings. The van der Waals surface area contributed by atoms with Crippen LogP contribution < -0.4 is 0 Å². The molecule has 284 valence electrons. The van der Waals surface area contributed by atoms with Crippen LogP contribution in [0.15, 0.2) is 30.3 Å². The summed E-state index contributed by atoms with van der Waals surface area (Å²) in [5.74, 6) is 2.26. The van der Waals surface area contributed by atoms with Gasteiger partial charge in [0.15, 0.2) is 6.29 Å². The van der Waals surface area contributed by atoms with Gasteiger partial charge in [0.2, 0.25) is 0 Å². The molecule has 0 amide bonds. The lowest BCUT2D eigenvalue weighted by molar-refractivity contribution is -0.339. The van der Waals surface area contributed by atoms with Gasteiger partial charge in [-0.05, 0) is 120 Å². The molecule has 50 heavy (non-hydrogen) atoms. The molecule has 5 aliphatic rings. The van der Waals surface area contributed by atoms with E-state index in [-0.39, 0.29) is 54.4 Å². The Balaban J connectivity index is 1.17. The second kappa shape index (κ2) is 16.9. The van der Waals surface area contributed by atoms with Crippen molar-refractivity contribution >= 4 is 0 Å². The number of hydrogen-bond acceptors (Lipinski definition) is 9. The number of fused-ring (bicyclic) bond motifs is 5. The Morgan fingerprint density at radius 1 is 0.740 bits per heavy atom. The smallest absolute Gasteiger partial charge is 0.187 e. The van der Waals surface area contributed by atoms with Crippen molar-refractivity contribution in [3.8, 4) is 0 Å². The van der Waals surface area contributed by atoms with Crippen LogP contribution in [-0.4, -0.2) is 89.7 Å². The maximum atomic E-state index is 7.11. The zero-order chi connectivity index (χ0) is 35.4. The van der Waals surface area contributed by atoms with Gasteiger partial charge in [-0.1, -0.05) is 44.2 Å². The third kappa shape index (κ3) is 7.22. The summed E-state index contributed by atoms with van der Waals surface area (Å²) < 4.78 is 55.9. The van der Waals surface area contributed by atoms with Crippen molar-refractivity contribution < 1.29 is 42.6 Å². The Morgan fingerprint density at radius 2 is 1.44 bits per heavy atom. The van der Waals surface area contributed by atoms with Crippen LogP contribution in [0.3, 0.4) is 0 Å². The van der Waals surface area contributed by atoms with E-state index in [0.29, 0.717) is 50.3 Å². The Labute approximate surface area is 301 Å². The van der Waals surface area contributed by atoms with Crippen LogP contribution in [-0.2, 0) is 42.6 Å². The number of hydrogen-bond donors (Lipinski definition) is 0. The summed E-state index contributed by atoms with van der Waals surface area (Å²) in [5, 5.41) is 0. The molecule has 0 radical (unpaired) electrons. The molecule has 0 aromatic heterocycles. The number of methoxy groups -OCH3 is 1. The van der Waals surface area contributed by atoms with E-state index in [2.05, 4.69) is 51.1 Å². The predicted molar refractivity (Wildman–Crippen MR) is 190 cm³/mol. The monoisotopic (exact) mass is 702 g/mol. The Hall–Kier alpha value is -1.14. The molecule has 4 saturated carbocycles. The van der Waals surface area contributed by atoms with Crippen LogP contribution >= 0.6 is 0 Å². The van der Waals surface area contributed by atoms with Gasteiger partial charge in [0.25, 0.3) is 0 Å². The minimum Gasteiger partial charge on any atom is -0.376 e. The molecule has 1 saturated heterocycles. The van der Waals surface area contributed by atoms with E-state index >= 15 is 0 Å². The van der Waals surface area contributed by atoms with E-state index in [1.165, 1.54) is 37.7 Å². The molecule has 13 atom stereocenters. The van der Waals surface area contributed by atoms with E-state index in [1.54, 1.807) is 7.11 Å². The average molecular weight is 703 g/mol. The van der Waals surface area contributed by atoms with Gasteiger partial charge >= 0.3 is 0 Å². The van der Waals surface area contributed by atoms with E-state index in [1.807, 2.05) is 20.8 Å². The fraction of sp³-hybridized carbons (Fsp3) is 0.854. The van der Waals surface area contributed by atoms with Crippen LogP contribution in [0.1, 0.15) is 111 Å². The molecular weight excluding hydrogens is 636 g/mol. The number of rotatable bonds is 16. The molecule has 0 unspecified atom stereocenters. The summed E-state index contributed by atoms with van der Waals surface area (Å²) in [7, 11) is 1.70. The molecule has 0 bridgehead atoms. The second-order valence-electron chi connectivity index (χ2n) is 16.0. The lowest BCUT2D eigenvalue weighted by Crippen LogP contribution is -2.63. The van der Waals surface area contributed by atoms with E-state index < -0.39 is 12.4 Å². The van der Waals surface area contributed by atoms with Gasteiger partial charge in [-0.15, -0.1) is 0 Å². The van der Waals surface area contributed by atoms with E-state index in [0.717, 1.165) is 25.7 Å². The zero-order valence-electron chi connectivity index (χ0n) is 31.9. The molecule has 1 heterocycles. The van der Waals surface area contributed by atoms with Crippen molar-refractivity contribution in [2.75, 3.05) is 47.3 Å². The summed E-state index contributed by atoms with van der Waals surface area (Å²) in [6, 6.07) is 11.2. The van der Waals surface area contributed by atoms with Gasteiger partial charge in [0.1, 0.15) is 38.7 Å². The first-order valence-electron chi connectivity index (χ1n) is 19.7. The maximum Gasteiger partial charge on any atom is 0.187 e. The first kappa shape index (κ1) is 38.6. The van der Waals surface area contributed by atoms with Gasteiger partial charge < -0.3 is 42.6 Å². The summed E-state index contributed by atoms with van der Waals surface area (Å²) in [5.41, 5.74) is 1.64. The molecule has 1 aliphatic heterocycles. The molecule has 9 nitrogen and oxygen atoms in total. The minimum atomic E-state index is -0.577. The van der Waals surface area contributed by atoms with Crippen molar-refractivity contribution in [1.82, 2.24) is 0 Å². The van der Waals surface area contributed by atoms with E-state index in [4.69, 9.17) is 42.6 Å². The van der Waals surface area contributed by atoms with Crippen molar-refractivity contribution in [2.45, 2.75) is 148 Å². The third-order valence-corrected chi connectivity index (χ3v) is 14.0. The predicted octanol–water partition coefficient (Wildman–Crippen LogP) is 7.85. The van der Waals surface area contributed by atoms with Gasteiger partial charge in [0.05, 0.1) is 17.8 Å². The van der Waals surface area contributed by atoms with Gasteiger partial charge in [-0.3, -0.25) is 0 Å². The topological polar surface area (TPSA) is 83.1 Å². The first-order valence-corrected chi connectivity index (χ1v) is 19.7. The van der Waals surface area contributed by atoms with E-state index in [9.17, 15) is 0 Å². The highest BCUT2D eigenvalue weighted by Gasteiger charge is 2.68. The highest BCUT2D eigenvalue weighted by Crippen LogP contribution is 2.71. The van der Waals surface area contributed by atoms with Crippen molar-refractivity contribution in [3.63, 3.8) is 0 Å². The summed E-state index contributed by atoms with van der Waals surface area (Å²) >= 11 is 0. The summed E-state index contributed by atoms with van der Waals surface area (Å²) in [4.78, 5) is 0. The van der Waals surface area contributed by atoms with Crippen molar-refractivity contribution in [1.29, 1.82) is 0 Å². The highest BCUT2D eigenvalue weighted by atomic mass is 16.8. The molecule has 6 rings (SSSR count). The van der Waals surface area contributed by atoms with Crippen LogP contribution in [0.5, 0.6) is 0 Å². The minimum absolute atomic E-state index is 0.0871. The lowest BCUT2D eigenvalue weighted by atomic mass is 9.43. The third-order valence-electron chi connectivity index (χ3n) is 14.0. The van der Waals surface area contributed by atoms with Crippen LogP contribution in [0.2, 0.25) is 0 Å². The van der Waals surface area contributed by atoms with Gasteiger partial charge in [0, 0.05) is 32.3 Å². The maximum absolute atomic E-state index is 7.11. The fourth-order valence-corrected chi connectivity index (χ4v) is 11.4. The Kier molecular flexibility index (Phi) is 13.0. The molecule has 9 heteroatoms. The SMILES string of the molecule is CCOCO[C@@H]1[C@H](O[C@H]2CC[C@@]3(C)[C@H](CC[C@@H]4[C@@H]3CC[C@]3(C)[C@@H](c5ccccc5)CC[C@]43OCOCC)C2)O[C@@H](C)[C@H](OCOCC)[C@H]1OC. The molecular formula is C41H66O9. The summed E-state index contributed by atoms with van der Waals surface area (Å²) in [6.45, 7) is 15.7. The quantitative estimate of drug-likeness (QED) is 0.0972. The average Bonchev–Trinajstić information content (AvgIpc) is 3.43. The van der Waals surface area contributed by atoms with Gasteiger partial charge in [-0.2, -0.15) is 0 Å². The van der Waals surface area contributed by atoms with Crippen molar-refractivity contribution in [2.24, 2.45) is 28.6 Å². The van der Waals surface area contributed by atoms with Crippen LogP contribution in [0, 0.1) is 28.6 Å². The molecule has 4 aliphatic carbocycles. The first-order chi connectivity index (χ1) is 24.3. The molecule has 0 spiro atoms. The number of ether oxygens (including phenoxy) is 9. The van der Waals surface area contributed by atoms with Crippen LogP contribution in [0.4, 0.5) is 0 Å². The lowest BCUT2D eigenvalue weighted by Gasteiger charge is -2.65. The molecule has 1 aromatic rings. The summed E-state index contributed by atoms with van der Waals surface area (Å²) in [6.07, 6.45) is 8.35. The Bertz CT molecular complexity index is 1190. The van der Waals surface area contributed by atoms with Crippen LogP contribution in [0.25, 0.3) is 0 Å². The van der Waals surface area contributed by atoms with Gasteiger partial charge in [-0.25, -0.2) is 0 Å². The largest absolute Gasteiger partial charge is 0.376 e. The fourth-order valence-electron chi connectivity index (χ4n) is 11.4. The zero-order valence-corrected chi connectivity index (χ0v) is 31.9. The molecule has 0 N–H and O–H groups in total. The highest BCUT2D eigenvalue weighted by molar-refractivity contribution is 5.29. The second-order valence-corrected chi connectivity index (χ2v) is 16.0.